The fourth-order valence-corrected chi connectivity index (χ4v) is 5.36. The first-order valence-corrected chi connectivity index (χ1v) is 18.3. The highest BCUT2D eigenvalue weighted by Gasteiger charge is 2.17. The second-order valence-corrected chi connectivity index (χ2v) is 14.1. The summed E-state index contributed by atoms with van der Waals surface area (Å²) in [6.07, 6.45) is 28.1. The van der Waals surface area contributed by atoms with Crippen LogP contribution in [0.2, 0.25) is 0 Å². The molecule has 274 valence electrons. The summed E-state index contributed by atoms with van der Waals surface area (Å²) >= 11 is 0. The molecular weight excluding hydrogens is 591 g/mol. The number of nitrogens with two attached hydrogens (primary N) is 1. The molecule has 0 amide bonds. The maximum absolute atomic E-state index is 5.78. The monoisotopic (exact) mass is 668 g/mol. The van der Waals surface area contributed by atoms with Crippen molar-refractivity contribution < 1.29 is 0 Å². The Morgan fingerprint density at radius 3 is 1.65 bits per heavy atom. The highest BCUT2D eigenvalue weighted by molar-refractivity contribution is 5.56. The molecule has 0 aromatic heterocycles. The maximum atomic E-state index is 5.78. The van der Waals surface area contributed by atoms with Crippen LogP contribution >= 0.6 is 0 Å². The van der Waals surface area contributed by atoms with E-state index in [4.69, 9.17) is 5.73 Å². The van der Waals surface area contributed by atoms with Gasteiger partial charge in [0.2, 0.25) is 0 Å². The van der Waals surface area contributed by atoms with E-state index in [1.54, 1.807) is 12.2 Å². The van der Waals surface area contributed by atoms with Gasteiger partial charge in [0.25, 0.3) is 0 Å². The Hall–Kier alpha value is -3.58. The SMILES string of the molecule is C=C/C(C(=C)/C(C)=C\C)=C(\C(C)=C/C)C(C)C.C=CC.C=C\C=C/C(C)=C(CC)/C(C=C)=C/C(=C\C(=C)N)C(C)(C)C.CC1CCCCC1. The van der Waals surface area contributed by atoms with E-state index < -0.39 is 0 Å². The third-order valence-corrected chi connectivity index (χ3v) is 8.46. The smallest absolute Gasteiger partial charge is 0.0243 e. The zero-order valence-corrected chi connectivity index (χ0v) is 34.5. The fourth-order valence-electron chi connectivity index (χ4n) is 5.36. The summed E-state index contributed by atoms with van der Waals surface area (Å²) in [6, 6.07) is 0. The van der Waals surface area contributed by atoms with Crippen molar-refractivity contribution in [3.8, 4) is 0 Å². The molecule has 0 unspecified atom stereocenters. The Balaban J connectivity index is -0.000000684. The molecule has 1 heteroatoms. The molecule has 49 heavy (non-hydrogen) atoms. The molecule has 0 atom stereocenters. The van der Waals surface area contributed by atoms with Gasteiger partial charge in [-0.15, -0.1) is 6.58 Å². The van der Waals surface area contributed by atoms with E-state index in [0.717, 1.165) is 29.1 Å². The molecule has 1 saturated carbocycles. The Morgan fingerprint density at radius 1 is 0.837 bits per heavy atom. The van der Waals surface area contributed by atoms with Crippen LogP contribution in [0.25, 0.3) is 0 Å². The summed E-state index contributed by atoms with van der Waals surface area (Å²) < 4.78 is 0. The molecule has 0 spiro atoms. The Kier molecular flexibility index (Phi) is 28.7. The summed E-state index contributed by atoms with van der Waals surface area (Å²) in [4.78, 5) is 0. The van der Waals surface area contributed by atoms with Crippen LogP contribution in [0.1, 0.15) is 129 Å². The second-order valence-electron chi connectivity index (χ2n) is 14.1. The van der Waals surface area contributed by atoms with Crippen molar-refractivity contribution in [1.82, 2.24) is 0 Å². The summed E-state index contributed by atoms with van der Waals surface area (Å²) in [6.45, 7) is 50.8. The van der Waals surface area contributed by atoms with Gasteiger partial charge in [0.05, 0.1) is 0 Å². The molecule has 1 aliphatic rings. The summed E-state index contributed by atoms with van der Waals surface area (Å²) in [5.74, 6) is 1.51. The zero-order chi connectivity index (χ0) is 38.7. The van der Waals surface area contributed by atoms with Crippen molar-refractivity contribution >= 4 is 0 Å². The van der Waals surface area contributed by atoms with Crippen molar-refractivity contribution in [2.45, 2.75) is 129 Å². The van der Waals surface area contributed by atoms with E-state index in [1.807, 2.05) is 38.2 Å². The van der Waals surface area contributed by atoms with Crippen LogP contribution in [0.15, 0.2) is 156 Å². The van der Waals surface area contributed by atoms with Gasteiger partial charge in [-0.3, -0.25) is 0 Å². The molecular formula is C48H77N. The van der Waals surface area contributed by atoms with Crippen LogP contribution in [0.5, 0.6) is 0 Å². The maximum Gasteiger partial charge on any atom is 0.0243 e. The minimum atomic E-state index is -0.0136. The van der Waals surface area contributed by atoms with E-state index in [0.29, 0.717) is 11.6 Å². The van der Waals surface area contributed by atoms with Crippen molar-refractivity contribution in [2.75, 3.05) is 0 Å². The molecule has 0 bridgehead atoms. The number of rotatable bonds is 12. The molecule has 2 N–H and O–H groups in total. The van der Waals surface area contributed by atoms with Crippen LogP contribution in [-0.4, -0.2) is 0 Å². The third-order valence-electron chi connectivity index (χ3n) is 8.46. The molecule has 0 aromatic carbocycles. The van der Waals surface area contributed by atoms with Gasteiger partial charge in [0, 0.05) is 5.70 Å². The van der Waals surface area contributed by atoms with Gasteiger partial charge < -0.3 is 5.73 Å². The minimum Gasteiger partial charge on any atom is -0.399 e. The largest absolute Gasteiger partial charge is 0.399 e. The topological polar surface area (TPSA) is 26.0 Å². The van der Waals surface area contributed by atoms with Crippen molar-refractivity contribution in [3.63, 3.8) is 0 Å². The van der Waals surface area contributed by atoms with Gasteiger partial charge >= 0.3 is 0 Å². The van der Waals surface area contributed by atoms with Crippen molar-refractivity contribution in [2.24, 2.45) is 23.0 Å². The molecule has 0 aromatic rings. The Labute approximate surface area is 306 Å². The normalized spacial score (nSPS) is 15.6. The van der Waals surface area contributed by atoms with E-state index in [2.05, 4.69) is 140 Å². The van der Waals surface area contributed by atoms with E-state index in [1.165, 1.54) is 65.5 Å². The predicted octanol–water partition coefficient (Wildman–Crippen LogP) is 15.4. The average Bonchev–Trinajstić information content (AvgIpc) is 3.04. The molecule has 0 heterocycles. The highest BCUT2D eigenvalue weighted by Crippen LogP contribution is 2.32. The first-order valence-electron chi connectivity index (χ1n) is 18.3. The van der Waals surface area contributed by atoms with Crippen LogP contribution in [0.4, 0.5) is 0 Å². The van der Waals surface area contributed by atoms with Gasteiger partial charge in [-0.25, -0.2) is 0 Å². The number of allylic oxidation sites excluding steroid dienone is 19. The molecule has 0 aliphatic heterocycles. The summed E-state index contributed by atoms with van der Waals surface area (Å²) in [7, 11) is 0. The first kappa shape index (κ1) is 49.8. The molecule has 1 rings (SSSR count). The standard InChI is InChI=1S/C21H31N.C17H26.C7H14.C3H6/c1-9-12-13-16(4)20(11-3)18(10-2)15-19(14-17(5)22)21(6,7)8;1-9-13(6)15(8)16(11-3)17(12(4)5)14(7)10-2;1-7-5-3-2-4-6-7;1-3-2/h9-10,12-15H,1-2,5,11,22H2,3-4,6-8H3;9-12H,3,8H2,1-2,4-7H3;7H,2-6H2,1H3;3H,1H2,2H3/b13-12-,18-15+,19-14+,20-16+;13-9-,14-10-,17-16+;;. The summed E-state index contributed by atoms with van der Waals surface area (Å²) in [5, 5.41) is 0. The van der Waals surface area contributed by atoms with Crippen LogP contribution in [-0.2, 0) is 0 Å². The zero-order valence-electron chi connectivity index (χ0n) is 34.5. The lowest BCUT2D eigenvalue weighted by atomic mass is 9.83. The molecule has 1 fully saturated rings. The molecule has 1 nitrogen and oxygen atoms in total. The number of hydrogen-bond acceptors (Lipinski definition) is 1. The van der Waals surface area contributed by atoms with E-state index in [9.17, 15) is 0 Å². The van der Waals surface area contributed by atoms with Gasteiger partial charge in [0.1, 0.15) is 0 Å². The van der Waals surface area contributed by atoms with Crippen LogP contribution < -0.4 is 5.73 Å². The second kappa shape index (κ2) is 28.3. The quantitative estimate of drug-likeness (QED) is 0.163. The van der Waals surface area contributed by atoms with Crippen LogP contribution in [0.3, 0.4) is 0 Å². The molecule has 0 saturated heterocycles. The predicted molar refractivity (Wildman–Crippen MR) is 230 cm³/mol. The van der Waals surface area contributed by atoms with E-state index in [-0.39, 0.29) is 5.41 Å². The number of hydrogen-bond donors (Lipinski definition) is 1. The molecule has 0 radical (unpaired) electrons. The molecule has 1 aliphatic carbocycles. The lowest BCUT2D eigenvalue weighted by Crippen LogP contribution is -2.10. The highest BCUT2D eigenvalue weighted by atomic mass is 14.5. The van der Waals surface area contributed by atoms with Gasteiger partial charge in [-0.05, 0) is 116 Å². The van der Waals surface area contributed by atoms with Crippen molar-refractivity contribution in [3.05, 3.63) is 156 Å². The van der Waals surface area contributed by atoms with Gasteiger partial charge in [0.15, 0.2) is 0 Å². The van der Waals surface area contributed by atoms with E-state index >= 15 is 0 Å². The Morgan fingerprint density at radius 2 is 1.35 bits per heavy atom. The van der Waals surface area contributed by atoms with Gasteiger partial charge in [-0.2, -0.15) is 0 Å². The Bertz CT molecular complexity index is 1270. The van der Waals surface area contributed by atoms with Crippen LogP contribution in [0, 0.1) is 17.3 Å². The lowest BCUT2D eigenvalue weighted by Gasteiger charge is -2.22. The third kappa shape index (κ3) is 21.9. The minimum absolute atomic E-state index is 0.0136. The first-order chi connectivity index (χ1) is 22.9. The fraction of sp³-hybridized carbons (Fsp3) is 0.458. The van der Waals surface area contributed by atoms with Gasteiger partial charge in [-0.1, -0.05) is 174 Å². The average molecular weight is 668 g/mol. The van der Waals surface area contributed by atoms with Crippen molar-refractivity contribution in [1.29, 1.82) is 0 Å². The summed E-state index contributed by atoms with van der Waals surface area (Å²) in [5.41, 5.74) is 17.2. The lowest BCUT2D eigenvalue weighted by molar-refractivity contribution is 0.385.